The highest BCUT2D eigenvalue weighted by Gasteiger charge is 2.30. The predicted molar refractivity (Wildman–Crippen MR) is 175 cm³/mol. The van der Waals surface area contributed by atoms with Gasteiger partial charge in [-0.25, -0.2) is 0 Å². The van der Waals surface area contributed by atoms with Crippen LogP contribution >= 0.6 is 0 Å². The Morgan fingerprint density at radius 1 is 0.477 bits per heavy atom. The summed E-state index contributed by atoms with van der Waals surface area (Å²) in [6, 6.07) is 8.89. The van der Waals surface area contributed by atoms with Crippen LogP contribution in [0.3, 0.4) is 0 Å². The van der Waals surface area contributed by atoms with Crippen molar-refractivity contribution in [2.24, 2.45) is 42.5 Å². The number of nitrogens with zero attached hydrogens (tertiary/aromatic N) is 10. The van der Waals surface area contributed by atoms with Gasteiger partial charge < -0.3 is 0 Å². The summed E-state index contributed by atoms with van der Waals surface area (Å²) < 4.78 is 0. The molecule has 10 heteroatoms. The van der Waals surface area contributed by atoms with E-state index in [1.54, 1.807) is 27.7 Å². The van der Waals surface area contributed by atoms with Crippen molar-refractivity contribution >= 4 is 0 Å². The first-order valence-electron chi connectivity index (χ1n) is 16.2. The molecule has 244 valence electrons. The third-order valence-corrected chi connectivity index (χ3v) is 8.33. The lowest BCUT2D eigenvalue weighted by Crippen LogP contribution is -2.25. The van der Waals surface area contributed by atoms with Crippen molar-refractivity contribution in [2.45, 2.75) is 181 Å². The van der Waals surface area contributed by atoms with Gasteiger partial charge in [0, 0.05) is 0 Å². The number of rotatable bonds is 20. The van der Waals surface area contributed by atoms with Gasteiger partial charge in [-0.3, -0.25) is 0 Å². The molecular formula is C34H58N10. The van der Waals surface area contributed by atoms with Gasteiger partial charge in [0.1, 0.15) is 0 Å². The molecule has 0 spiro atoms. The second kappa shape index (κ2) is 17.3. The number of hydrogen-bond donors (Lipinski definition) is 0. The Hall–Kier alpha value is -3.24. The van der Waals surface area contributed by atoms with E-state index in [9.17, 15) is 21.0 Å². The molecule has 6 atom stereocenters. The first kappa shape index (κ1) is 40.8. The van der Waals surface area contributed by atoms with E-state index in [2.05, 4.69) is 86.3 Å². The monoisotopic (exact) mass is 606 g/mol. The first-order chi connectivity index (χ1) is 20.2. The summed E-state index contributed by atoms with van der Waals surface area (Å²) in [4.78, 5) is 0. The van der Waals surface area contributed by atoms with Gasteiger partial charge in [0.15, 0.2) is 22.2 Å². The normalized spacial score (nSPS) is 19.5. The highest BCUT2D eigenvalue weighted by atomic mass is 15.2. The van der Waals surface area contributed by atoms with Gasteiger partial charge in [0.2, 0.25) is 0 Å². The zero-order valence-electron chi connectivity index (χ0n) is 29.7. The Labute approximate surface area is 268 Å². The summed E-state index contributed by atoms with van der Waals surface area (Å²) in [5, 5.41) is 64.6. The van der Waals surface area contributed by atoms with Gasteiger partial charge in [-0.1, -0.05) is 40.5 Å². The van der Waals surface area contributed by atoms with Crippen molar-refractivity contribution in [3.05, 3.63) is 0 Å². The Morgan fingerprint density at radius 2 is 0.750 bits per heavy atom. The SMILES string of the molecule is CCC(C)(C#N)N=NC(C)(C#N)CCCC(C)CC(C)(C)N=NC(C)(C)CC(C)CCCC(C)(C#N)N=NC(C)(C#N)CC. The molecule has 44 heavy (non-hydrogen) atoms. The molecule has 0 fully saturated rings. The van der Waals surface area contributed by atoms with E-state index in [4.69, 9.17) is 10.2 Å². The molecule has 0 saturated carbocycles. The fraction of sp³-hybridized carbons (Fsp3) is 0.882. The largest absolute Gasteiger partial charge is 0.196 e. The fourth-order valence-corrected chi connectivity index (χ4v) is 4.89. The van der Waals surface area contributed by atoms with Crippen LogP contribution in [0.15, 0.2) is 30.7 Å². The minimum absolute atomic E-state index is 0.316. The average Bonchev–Trinajstić information content (AvgIpc) is 2.97. The molecule has 0 rings (SSSR count). The molecule has 10 nitrogen and oxygen atoms in total. The summed E-state index contributed by atoms with van der Waals surface area (Å²) >= 11 is 0. The maximum absolute atomic E-state index is 9.70. The third-order valence-electron chi connectivity index (χ3n) is 8.33. The standard InChI is InChI=1S/C34H58N10/c1-13-31(9,23-35)41-43-33(11,25-37)19-15-17-27(3)21-29(5,6)39-40-30(7,8)22-28(4)18-16-20-34(12,26-38)44-42-32(10,14-2)24-36/h27-28H,13-22H2,1-12H3. The number of azo groups is 3. The molecule has 0 bridgehead atoms. The first-order valence-corrected chi connectivity index (χ1v) is 16.2. The maximum atomic E-state index is 9.70. The molecule has 0 aromatic heterocycles. The van der Waals surface area contributed by atoms with Gasteiger partial charge in [-0.05, 0) is 119 Å². The smallest absolute Gasteiger partial charge is 0.164 e. The van der Waals surface area contributed by atoms with Gasteiger partial charge in [0.25, 0.3) is 0 Å². The van der Waals surface area contributed by atoms with Crippen molar-refractivity contribution in [1.29, 1.82) is 21.0 Å². The summed E-state index contributed by atoms with van der Waals surface area (Å²) in [6.45, 7) is 23.7. The van der Waals surface area contributed by atoms with Crippen LogP contribution in [-0.2, 0) is 0 Å². The molecule has 0 aromatic rings. The molecule has 6 unspecified atom stereocenters. The molecular weight excluding hydrogens is 548 g/mol. The lowest BCUT2D eigenvalue weighted by molar-refractivity contribution is 0.301. The van der Waals surface area contributed by atoms with E-state index in [-0.39, 0.29) is 11.1 Å². The van der Waals surface area contributed by atoms with Crippen LogP contribution in [-0.4, -0.2) is 33.2 Å². The van der Waals surface area contributed by atoms with Crippen molar-refractivity contribution < 1.29 is 0 Å². The van der Waals surface area contributed by atoms with Crippen LogP contribution in [0.1, 0.15) is 147 Å². The van der Waals surface area contributed by atoms with Gasteiger partial charge in [-0.2, -0.15) is 51.7 Å². The Morgan fingerprint density at radius 3 is 1.00 bits per heavy atom. The Kier molecular flexibility index (Phi) is 16.0. The Bertz CT molecular complexity index is 1070. The minimum Gasteiger partial charge on any atom is -0.196 e. The zero-order chi connectivity index (χ0) is 34.3. The topological polar surface area (TPSA) is 169 Å². The second-order valence-electron chi connectivity index (χ2n) is 14.9. The summed E-state index contributed by atoms with van der Waals surface area (Å²) in [5.41, 5.74) is -4.29. The summed E-state index contributed by atoms with van der Waals surface area (Å²) in [6.07, 6.45) is 7.55. The summed E-state index contributed by atoms with van der Waals surface area (Å²) in [7, 11) is 0. The van der Waals surface area contributed by atoms with E-state index in [1.165, 1.54) is 0 Å². The quantitative estimate of drug-likeness (QED) is 0.126. The highest BCUT2D eigenvalue weighted by molar-refractivity contribution is 5.08. The van der Waals surface area contributed by atoms with E-state index in [0.29, 0.717) is 37.5 Å². The third kappa shape index (κ3) is 15.5. The molecule has 0 N–H and O–H groups in total. The van der Waals surface area contributed by atoms with Crippen molar-refractivity contribution in [3.63, 3.8) is 0 Å². The zero-order valence-corrected chi connectivity index (χ0v) is 29.7. The van der Waals surface area contributed by atoms with Crippen molar-refractivity contribution in [1.82, 2.24) is 0 Å². The van der Waals surface area contributed by atoms with E-state index in [0.717, 1.165) is 38.5 Å². The van der Waals surface area contributed by atoms with Crippen LogP contribution < -0.4 is 0 Å². The lowest BCUT2D eigenvalue weighted by Gasteiger charge is -2.28. The molecule has 0 radical (unpaired) electrons. The van der Waals surface area contributed by atoms with Crippen molar-refractivity contribution in [2.75, 3.05) is 0 Å². The molecule has 0 saturated heterocycles. The van der Waals surface area contributed by atoms with E-state index < -0.39 is 22.2 Å². The minimum atomic E-state index is -0.936. The van der Waals surface area contributed by atoms with Crippen LogP contribution in [0.4, 0.5) is 0 Å². The van der Waals surface area contributed by atoms with Crippen LogP contribution in [0.25, 0.3) is 0 Å². The number of nitriles is 4. The maximum Gasteiger partial charge on any atom is 0.164 e. The van der Waals surface area contributed by atoms with E-state index >= 15 is 0 Å². The van der Waals surface area contributed by atoms with E-state index in [1.807, 2.05) is 13.8 Å². The van der Waals surface area contributed by atoms with Gasteiger partial charge in [-0.15, -0.1) is 0 Å². The molecule has 0 aromatic carbocycles. The molecule has 0 amide bonds. The predicted octanol–water partition coefficient (Wildman–Crippen LogP) is 10.2. The molecule has 0 heterocycles. The van der Waals surface area contributed by atoms with Crippen LogP contribution in [0.2, 0.25) is 0 Å². The van der Waals surface area contributed by atoms with Crippen molar-refractivity contribution in [3.8, 4) is 24.3 Å². The van der Waals surface area contributed by atoms with Gasteiger partial charge in [0.05, 0.1) is 35.4 Å². The average molecular weight is 607 g/mol. The Balaban J connectivity index is 4.96. The van der Waals surface area contributed by atoms with Gasteiger partial charge >= 0.3 is 0 Å². The number of hydrogen-bond acceptors (Lipinski definition) is 10. The van der Waals surface area contributed by atoms with Crippen LogP contribution in [0.5, 0.6) is 0 Å². The molecule has 0 aliphatic carbocycles. The molecule has 0 aliphatic rings. The summed E-state index contributed by atoms with van der Waals surface area (Å²) in [5.74, 6) is 0.779. The molecule has 0 aliphatic heterocycles. The highest BCUT2D eigenvalue weighted by Crippen LogP contribution is 2.31. The second-order valence-corrected chi connectivity index (χ2v) is 14.9. The lowest BCUT2D eigenvalue weighted by atomic mass is 9.86. The van der Waals surface area contributed by atoms with Crippen LogP contribution in [0, 0.1) is 57.2 Å². The fourth-order valence-electron chi connectivity index (χ4n) is 4.89.